The fraction of sp³-hybridized carbons (Fsp3) is 0.500. The van der Waals surface area contributed by atoms with Gasteiger partial charge in [-0.1, -0.05) is 0 Å². The van der Waals surface area contributed by atoms with Gasteiger partial charge in [0.2, 0.25) is 0 Å². The van der Waals surface area contributed by atoms with E-state index in [0.29, 0.717) is 6.54 Å². The van der Waals surface area contributed by atoms with Crippen molar-refractivity contribution < 1.29 is 4.39 Å². The molecule has 2 N–H and O–H groups in total. The first-order chi connectivity index (χ1) is 6.27. The highest BCUT2D eigenvalue weighted by Gasteiger charge is 2.43. The Morgan fingerprint density at radius 3 is 2.77 bits per heavy atom. The van der Waals surface area contributed by atoms with Crippen molar-refractivity contribution in [1.82, 2.24) is 4.98 Å². The molecule has 0 spiro atoms. The van der Waals surface area contributed by atoms with Gasteiger partial charge in [0.25, 0.3) is 0 Å². The van der Waals surface area contributed by atoms with E-state index in [9.17, 15) is 4.39 Å². The van der Waals surface area contributed by atoms with Crippen LogP contribution in [0.5, 0.6) is 0 Å². The number of nitrogens with zero attached hydrogens (tertiary/aromatic N) is 1. The van der Waals surface area contributed by atoms with Crippen LogP contribution in [0.3, 0.4) is 0 Å². The van der Waals surface area contributed by atoms with Crippen LogP contribution in [-0.2, 0) is 5.41 Å². The smallest absolute Gasteiger partial charge is 0.141 e. The fourth-order valence-corrected chi connectivity index (χ4v) is 1.81. The molecular formula is C10H13FN2. The molecule has 0 bridgehead atoms. The summed E-state index contributed by atoms with van der Waals surface area (Å²) in [6.07, 6.45) is 6.18. The number of hydrogen-bond donors (Lipinski definition) is 1. The molecule has 0 unspecified atom stereocenters. The van der Waals surface area contributed by atoms with E-state index in [1.165, 1.54) is 6.20 Å². The van der Waals surface area contributed by atoms with Crippen molar-refractivity contribution in [2.24, 2.45) is 5.73 Å². The van der Waals surface area contributed by atoms with Crippen LogP contribution in [0, 0.1) is 5.82 Å². The summed E-state index contributed by atoms with van der Waals surface area (Å²) in [4.78, 5) is 3.86. The van der Waals surface area contributed by atoms with Crippen molar-refractivity contribution in [1.29, 1.82) is 0 Å². The Balaban J connectivity index is 2.25. The Labute approximate surface area is 77.0 Å². The van der Waals surface area contributed by atoms with Gasteiger partial charge in [0.05, 0.1) is 6.20 Å². The normalized spacial score (nSPS) is 18.6. The Morgan fingerprint density at radius 1 is 1.46 bits per heavy atom. The third kappa shape index (κ3) is 1.56. The maximum absolute atomic E-state index is 12.9. The van der Waals surface area contributed by atoms with Crippen LogP contribution in [0.25, 0.3) is 0 Å². The van der Waals surface area contributed by atoms with Gasteiger partial charge in [0, 0.05) is 6.20 Å². The van der Waals surface area contributed by atoms with Gasteiger partial charge in [-0.15, -0.1) is 0 Å². The molecule has 0 saturated heterocycles. The Morgan fingerprint density at radius 2 is 2.23 bits per heavy atom. The summed E-state index contributed by atoms with van der Waals surface area (Å²) in [7, 11) is 0. The highest BCUT2D eigenvalue weighted by atomic mass is 19.1. The first kappa shape index (κ1) is 8.63. The predicted molar refractivity (Wildman–Crippen MR) is 48.8 cm³/mol. The SMILES string of the molecule is NCCC1(c2cncc(F)c2)CC1. The highest BCUT2D eigenvalue weighted by Crippen LogP contribution is 2.50. The molecule has 1 saturated carbocycles. The standard InChI is InChI=1S/C10H13FN2/c11-9-5-8(6-13-7-9)10(1-2-10)3-4-12/h5-7H,1-4,12H2. The third-order valence-corrected chi connectivity index (χ3v) is 2.79. The summed E-state index contributed by atoms with van der Waals surface area (Å²) < 4.78 is 12.9. The maximum atomic E-state index is 12.9. The Hall–Kier alpha value is -0.960. The molecule has 3 heteroatoms. The van der Waals surface area contributed by atoms with Gasteiger partial charge in [-0.3, -0.25) is 4.98 Å². The van der Waals surface area contributed by atoms with Crippen LogP contribution in [0.4, 0.5) is 4.39 Å². The van der Waals surface area contributed by atoms with Gasteiger partial charge in [0.15, 0.2) is 0 Å². The van der Waals surface area contributed by atoms with Crippen molar-refractivity contribution in [3.05, 3.63) is 29.8 Å². The van der Waals surface area contributed by atoms with Crippen LogP contribution in [-0.4, -0.2) is 11.5 Å². The Kier molecular flexibility index (Phi) is 2.04. The first-order valence-electron chi connectivity index (χ1n) is 4.58. The first-order valence-corrected chi connectivity index (χ1v) is 4.58. The summed E-state index contributed by atoms with van der Waals surface area (Å²) in [5.74, 6) is -0.249. The second-order valence-corrected chi connectivity index (χ2v) is 3.71. The minimum Gasteiger partial charge on any atom is -0.330 e. The van der Waals surface area contributed by atoms with E-state index in [-0.39, 0.29) is 11.2 Å². The van der Waals surface area contributed by atoms with Gasteiger partial charge in [0.1, 0.15) is 5.82 Å². The zero-order valence-electron chi connectivity index (χ0n) is 7.46. The highest BCUT2D eigenvalue weighted by molar-refractivity contribution is 5.28. The fourth-order valence-electron chi connectivity index (χ4n) is 1.81. The van der Waals surface area contributed by atoms with Crippen molar-refractivity contribution in [2.75, 3.05) is 6.54 Å². The van der Waals surface area contributed by atoms with Crippen LogP contribution in [0.15, 0.2) is 18.5 Å². The zero-order chi connectivity index (χ0) is 9.31. The van der Waals surface area contributed by atoms with Crippen molar-refractivity contribution >= 4 is 0 Å². The summed E-state index contributed by atoms with van der Waals surface area (Å²) in [6.45, 7) is 0.663. The van der Waals surface area contributed by atoms with E-state index in [1.54, 1.807) is 12.3 Å². The van der Waals surface area contributed by atoms with E-state index in [2.05, 4.69) is 4.98 Å². The molecule has 2 rings (SSSR count). The molecule has 1 heterocycles. The maximum Gasteiger partial charge on any atom is 0.141 e. The molecule has 13 heavy (non-hydrogen) atoms. The number of aromatic nitrogens is 1. The lowest BCUT2D eigenvalue weighted by Crippen LogP contribution is -2.13. The summed E-state index contributed by atoms with van der Waals surface area (Å²) in [6, 6.07) is 1.58. The molecule has 0 aliphatic heterocycles. The minimum absolute atomic E-state index is 0.157. The number of halogens is 1. The van der Waals surface area contributed by atoms with Gasteiger partial charge in [-0.2, -0.15) is 0 Å². The second kappa shape index (κ2) is 3.07. The Bertz CT molecular complexity index is 308. The van der Waals surface area contributed by atoms with Gasteiger partial charge in [-0.05, 0) is 42.9 Å². The van der Waals surface area contributed by atoms with Crippen LogP contribution in [0.2, 0.25) is 0 Å². The number of pyridine rings is 1. The van der Waals surface area contributed by atoms with E-state index in [4.69, 9.17) is 5.73 Å². The minimum atomic E-state index is -0.249. The average Bonchev–Trinajstić information content (AvgIpc) is 2.86. The largest absolute Gasteiger partial charge is 0.330 e. The number of rotatable bonds is 3. The van der Waals surface area contributed by atoms with Gasteiger partial charge < -0.3 is 5.73 Å². The molecule has 1 aliphatic carbocycles. The molecule has 0 aromatic carbocycles. The molecule has 1 aromatic heterocycles. The monoisotopic (exact) mass is 180 g/mol. The van der Waals surface area contributed by atoms with Gasteiger partial charge >= 0.3 is 0 Å². The second-order valence-electron chi connectivity index (χ2n) is 3.71. The third-order valence-electron chi connectivity index (χ3n) is 2.79. The van der Waals surface area contributed by atoms with Gasteiger partial charge in [-0.25, -0.2) is 4.39 Å². The lowest BCUT2D eigenvalue weighted by molar-refractivity contribution is 0.591. The molecule has 2 nitrogen and oxygen atoms in total. The molecule has 1 aliphatic rings. The molecule has 70 valence electrons. The number of hydrogen-bond acceptors (Lipinski definition) is 2. The van der Waals surface area contributed by atoms with E-state index < -0.39 is 0 Å². The molecule has 1 fully saturated rings. The molecule has 0 radical (unpaired) electrons. The average molecular weight is 180 g/mol. The zero-order valence-corrected chi connectivity index (χ0v) is 7.46. The quantitative estimate of drug-likeness (QED) is 0.767. The van der Waals surface area contributed by atoms with Crippen LogP contribution >= 0.6 is 0 Å². The number of nitrogens with two attached hydrogens (primary N) is 1. The summed E-state index contributed by atoms with van der Waals surface area (Å²) in [5, 5.41) is 0. The van der Waals surface area contributed by atoms with Crippen molar-refractivity contribution in [3.63, 3.8) is 0 Å². The topological polar surface area (TPSA) is 38.9 Å². The van der Waals surface area contributed by atoms with Crippen LogP contribution in [0.1, 0.15) is 24.8 Å². The van der Waals surface area contributed by atoms with E-state index in [1.807, 2.05) is 0 Å². The lowest BCUT2D eigenvalue weighted by atomic mass is 9.94. The lowest BCUT2D eigenvalue weighted by Gasteiger charge is -2.13. The molecule has 0 amide bonds. The van der Waals surface area contributed by atoms with Crippen molar-refractivity contribution in [2.45, 2.75) is 24.7 Å². The molecule has 0 atom stereocenters. The van der Waals surface area contributed by atoms with E-state index in [0.717, 1.165) is 24.8 Å². The van der Waals surface area contributed by atoms with Crippen molar-refractivity contribution in [3.8, 4) is 0 Å². The molecule has 1 aromatic rings. The summed E-state index contributed by atoms with van der Waals surface area (Å²) in [5.41, 5.74) is 6.68. The predicted octanol–water partition coefficient (Wildman–Crippen LogP) is 1.60. The summed E-state index contributed by atoms with van der Waals surface area (Å²) >= 11 is 0. The van der Waals surface area contributed by atoms with Crippen LogP contribution < -0.4 is 5.73 Å². The van der Waals surface area contributed by atoms with E-state index >= 15 is 0 Å². The molecular weight excluding hydrogens is 167 g/mol.